The molecular formula is C20H13FN4O3S2. The van der Waals surface area contributed by atoms with E-state index in [0.717, 1.165) is 11.3 Å². The lowest BCUT2D eigenvalue weighted by molar-refractivity contribution is -0.385. The molecule has 0 saturated heterocycles. The van der Waals surface area contributed by atoms with E-state index in [2.05, 4.69) is 15.3 Å². The first-order valence-corrected chi connectivity index (χ1v) is 10.3. The molecule has 10 heteroatoms. The van der Waals surface area contributed by atoms with Gasteiger partial charge in [0.1, 0.15) is 15.7 Å². The lowest BCUT2D eigenvalue weighted by atomic mass is 10.1. The Morgan fingerprint density at radius 3 is 2.80 bits per heavy atom. The van der Waals surface area contributed by atoms with Gasteiger partial charge in [-0.1, -0.05) is 24.3 Å². The molecule has 0 atom stereocenters. The van der Waals surface area contributed by atoms with Crippen LogP contribution in [0.1, 0.15) is 15.2 Å². The second kappa shape index (κ2) is 8.09. The number of thiazole rings is 2. The lowest BCUT2D eigenvalue weighted by Gasteiger charge is -2.01. The third kappa shape index (κ3) is 3.95. The zero-order chi connectivity index (χ0) is 21.3. The number of anilines is 1. The van der Waals surface area contributed by atoms with Crippen molar-refractivity contribution >= 4 is 39.4 Å². The Hall–Kier alpha value is -3.50. The Balaban J connectivity index is 1.52. The third-order valence-electron chi connectivity index (χ3n) is 4.26. The zero-order valence-electron chi connectivity index (χ0n) is 15.5. The number of halogens is 1. The van der Waals surface area contributed by atoms with Crippen molar-refractivity contribution < 1.29 is 14.1 Å². The van der Waals surface area contributed by atoms with Crippen molar-refractivity contribution in [3.05, 3.63) is 80.4 Å². The minimum absolute atomic E-state index is 0.0106. The van der Waals surface area contributed by atoms with Gasteiger partial charge in [-0.15, -0.1) is 22.7 Å². The van der Waals surface area contributed by atoms with Gasteiger partial charge < -0.3 is 0 Å². The van der Waals surface area contributed by atoms with E-state index in [4.69, 9.17) is 0 Å². The largest absolute Gasteiger partial charge is 0.297 e. The maximum atomic E-state index is 13.9. The minimum Gasteiger partial charge on any atom is -0.297 e. The molecule has 0 spiro atoms. The van der Waals surface area contributed by atoms with E-state index in [0.29, 0.717) is 37.4 Å². The number of hydrogen-bond acceptors (Lipinski definition) is 7. The van der Waals surface area contributed by atoms with Crippen molar-refractivity contribution in [1.82, 2.24) is 9.97 Å². The third-order valence-corrected chi connectivity index (χ3v) is 6.05. The summed E-state index contributed by atoms with van der Waals surface area (Å²) in [5.41, 5.74) is 2.01. The summed E-state index contributed by atoms with van der Waals surface area (Å²) < 4.78 is 13.9. The van der Waals surface area contributed by atoms with Crippen LogP contribution < -0.4 is 5.32 Å². The van der Waals surface area contributed by atoms with Gasteiger partial charge in [0.25, 0.3) is 11.6 Å². The summed E-state index contributed by atoms with van der Waals surface area (Å²) in [6.45, 7) is 1.67. The molecule has 2 heterocycles. The second-order valence-corrected chi connectivity index (χ2v) is 8.15. The highest BCUT2D eigenvalue weighted by Crippen LogP contribution is 2.31. The van der Waals surface area contributed by atoms with Gasteiger partial charge in [-0.05, 0) is 19.1 Å². The molecule has 2 aromatic carbocycles. The smallest absolute Gasteiger partial charge is 0.272 e. The lowest BCUT2D eigenvalue weighted by Crippen LogP contribution is -2.09. The van der Waals surface area contributed by atoms with Gasteiger partial charge in [-0.2, -0.15) is 0 Å². The first-order chi connectivity index (χ1) is 14.4. The molecule has 7 nitrogen and oxygen atoms in total. The summed E-state index contributed by atoms with van der Waals surface area (Å²) in [5.74, 6) is -0.818. The Morgan fingerprint density at radius 2 is 2.03 bits per heavy atom. The van der Waals surface area contributed by atoms with Crippen molar-refractivity contribution in [3.8, 4) is 21.8 Å². The molecule has 0 saturated carbocycles. The number of nitro groups is 1. The first kappa shape index (κ1) is 19.8. The number of carbonyl (C=O) groups is 1. The van der Waals surface area contributed by atoms with Gasteiger partial charge in [0, 0.05) is 28.1 Å². The molecule has 0 unspecified atom stereocenters. The average molecular weight is 440 g/mol. The van der Waals surface area contributed by atoms with Gasteiger partial charge >= 0.3 is 0 Å². The highest BCUT2D eigenvalue weighted by atomic mass is 32.1. The molecule has 0 aliphatic carbocycles. The van der Waals surface area contributed by atoms with E-state index < -0.39 is 16.6 Å². The molecule has 150 valence electrons. The van der Waals surface area contributed by atoms with E-state index in [1.807, 2.05) is 0 Å². The summed E-state index contributed by atoms with van der Waals surface area (Å²) in [4.78, 5) is 32.0. The zero-order valence-corrected chi connectivity index (χ0v) is 17.1. The fourth-order valence-corrected chi connectivity index (χ4v) is 4.28. The number of nitro benzene ring substituents is 1. The van der Waals surface area contributed by atoms with Crippen LogP contribution in [0.25, 0.3) is 21.8 Å². The van der Waals surface area contributed by atoms with Gasteiger partial charge in [-0.25, -0.2) is 14.4 Å². The van der Waals surface area contributed by atoms with Crippen molar-refractivity contribution in [2.45, 2.75) is 6.92 Å². The molecule has 0 radical (unpaired) electrons. The Morgan fingerprint density at radius 1 is 1.23 bits per heavy atom. The number of nitrogens with one attached hydrogen (secondary N) is 1. The SMILES string of the molecule is Cc1ccc(-c2csc(NC(=O)c3cnc(-c4ccccc4F)s3)n2)cc1[N+](=O)[O-]. The fraction of sp³-hybridized carbons (Fsp3) is 0.0500. The monoisotopic (exact) mass is 440 g/mol. The summed E-state index contributed by atoms with van der Waals surface area (Å²) in [5, 5.41) is 16.3. The highest BCUT2D eigenvalue weighted by Gasteiger charge is 2.17. The van der Waals surface area contributed by atoms with Crippen LogP contribution in [-0.4, -0.2) is 20.8 Å². The number of nitrogens with zero attached hydrogens (tertiary/aromatic N) is 3. The molecule has 0 aliphatic heterocycles. The van der Waals surface area contributed by atoms with Crippen LogP contribution >= 0.6 is 22.7 Å². The van der Waals surface area contributed by atoms with Crippen LogP contribution in [0.15, 0.2) is 54.0 Å². The number of amides is 1. The predicted molar refractivity (Wildman–Crippen MR) is 114 cm³/mol. The van der Waals surface area contributed by atoms with Crippen LogP contribution in [0.2, 0.25) is 0 Å². The Bertz CT molecular complexity index is 1270. The van der Waals surface area contributed by atoms with E-state index in [1.54, 1.807) is 42.6 Å². The minimum atomic E-state index is -0.440. The number of rotatable bonds is 5. The molecule has 0 aliphatic rings. The highest BCUT2D eigenvalue weighted by molar-refractivity contribution is 7.17. The maximum absolute atomic E-state index is 13.9. The van der Waals surface area contributed by atoms with Crippen LogP contribution in [0.3, 0.4) is 0 Å². The average Bonchev–Trinajstić information content (AvgIpc) is 3.38. The van der Waals surface area contributed by atoms with E-state index in [9.17, 15) is 19.3 Å². The van der Waals surface area contributed by atoms with Gasteiger partial charge in [0.15, 0.2) is 5.13 Å². The summed E-state index contributed by atoms with van der Waals surface area (Å²) in [6, 6.07) is 11.1. The molecule has 30 heavy (non-hydrogen) atoms. The molecule has 4 rings (SSSR count). The molecule has 0 fully saturated rings. The normalized spacial score (nSPS) is 10.7. The summed E-state index contributed by atoms with van der Waals surface area (Å²) in [7, 11) is 0. The topological polar surface area (TPSA) is 98.0 Å². The fourth-order valence-electron chi connectivity index (χ4n) is 2.73. The van der Waals surface area contributed by atoms with Gasteiger partial charge in [0.05, 0.1) is 16.8 Å². The van der Waals surface area contributed by atoms with Crippen LogP contribution in [0.5, 0.6) is 0 Å². The molecule has 4 aromatic rings. The van der Waals surface area contributed by atoms with Crippen molar-refractivity contribution in [2.24, 2.45) is 0 Å². The number of aryl methyl sites for hydroxylation is 1. The Labute approximate surface area is 178 Å². The van der Waals surface area contributed by atoms with Crippen LogP contribution in [0.4, 0.5) is 15.2 Å². The number of aromatic nitrogens is 2. The molecular weight excluding hydrogens is 427 g/mol. The summed E-state index contributed by atoms with van der Waals surface area (Å²) >= 11 is 2.28. The molecule has 1 N–H and O–H groups in total. The van der Waals surface area contributed by atoms with Crippen LogP contribution in [-0.2, 0) is 0 Å². The van der Waals surface area contributed by atoms with Crippen molar-refractivity contribution in [1.29, 1.82) is 0 Å². The predicted octanol–water partition coefficient (Wildman–Crippen LogP) is 5.54. The number of hydrogen-bond donors (Lipinski definition) is 1. The molecule has 1 amide bonds. The molecule has 2 aromatic heterocycles. The van der Waals surface area contributed by atoms with Crippen molar-refractivity contribution in [3.63, 3.8) is 0 Å². The van der Waals surface area contributed by atoms with Crippen LogP contribution in [0, 0.1) is 22.9 Å². The Kier molecular flexibility index (Phi) is 5.34. The maximum Gasteiger partial charge on any atom is 0.272 e. The number of carbonyl (C=O) groups excluding carboxylic acids is 1. The molecule has 0 bridgehead atoms. The second-order valence-electron chi connectivity index (χ2n) is 6.26. The summed E-state index contributed by atoms with van der Waals surface area (Å²) in [6.07, 6.45) is 1.39. The standard InChI is InChI=1S/C20H13FN4O3S2/c1-11-6-7-12(8-16(11)25(27)28)15-10-29-20(23-15)24-18(26)17-9-22-19(30-17)13-4-2-3-5-14(13)21/h2-10H,1H3,(H,23,24,26). The van der Waals surface area contributed by atoms with Crippen molar-refractivity contribution in [2.75, 3.05) is 5.32 Å². The first-order valence-electron chi connectivity index (χ1n) is 8.65. The van der Waals surface area contributed by atoms with E-state index in [-0.39, 0.29) is 5.69 Å². The van der Waals surface area contributed by atoms with E-state index in [1.165, 1.54) is 29.7 Å². The quantitative estimate of drug-likeness (QED) is 0.324. The van der Waals surface area contributed by atoms with Gasteiger partial charge in [0.2, 0.25) is 0 Å². The van der Waals surface area contributed by atoms with E-state index >= 15 is 0 Å². The number of benzene rings is 2. The van der Waals surface area contributed by atoms with Gasteiger partial charge in [-0.3, -0.25) is 20.2 Å².